The van der Waals surface area contributed by atoms with Crippen molar-refractivity contribution in [2.75, 3.05) is 26.9 Å². The number of carbonyl (C=O) groups is 5. The molecule has 12 N–H and O–H groups in total. The van der Waals surface area contributed by atoms with Crippen LogP contribution in [0, 0.1) is 38.2 Å². The molecule has 1 saturated heterocycles. The average molecular weight is 837 g/mol. The van der Waals surface area contributed by atoms with E-state index >= 15 is 0 Å². The number of hydrogen-bond acceptors (Lipinski definition) is 12. The Kier molecular flexibility index (Phi) is 20.1. The molecule has 245 valence electrons. The number of rotatable bonds is 19. The molecule has 1 radical (unpaired) electrons. The first-order valence-electron chi connectivity index (χ1n) is 13.9. The molecule has 0 bridgehead atoms. The second kappa shape index (κ2) is 21.0. The summed E-state index contributed by atoms with van der Waals surface area (Å²) in [4.78, 5) is 61.5. The molecule has 1 unspecified atom stereocenters. The largest absolute Gasteiger partial charge is 0.388 e. The van der Waals surface area contributed by atoms with Gasteiger partial charge in [-0.3, -0.25) is 29.3 Å². The van der Waals surface area contributed by atoms with E-state index in [1.165, 1.54) is 6.92 Å². The monoisotopic (exact) mass is 836 g/mol. The molecule has 0 aromatic rings. The second-order valence-corrected chi connectivity index (χ2v) is 10.5. The SMILES string of the molecule is CNCCC(=O)N[C@@H](CCC(O)NC[C@H]1O[C@@H](CC(N)=O)[C@H](O)[C@@H]1O)C(=O)N[C@H](C(=O)N[C@@H](C)C(=O)NCO)C(C)C.[Pa]. The van der Waals surface area contributed by atoms with Gasteiger partial charge in [0.05, 0.1) is 18.6 Å². The van der Waals surface area contributed by atoms with Gasteiger partial charge in [-0.2, -0.15) is 0 Å². The Morgan fingerprint density at radius 2 is 1.53 bits per heavy atom. The quantitative estimate of drug-likeness (QED) is 0.0546. The maximum Gasteiger partial charge on any atom is 0.244 e. The Bertz CT molecular complexity index is 916. The molecule has 18 heteroatoms. The molecule has 17 nitrogen and oxygen atoms in total. The third-order valence-corrected chi connectivity index (χ3v) is 6.65. The summed E-state index contributed by atoms with van der Waals surface area (Å²) in [7, 11) is 1.66. The molecule has 1 rings (SSSR count). The maximum atomic E-state index is 13.2. The smallest absolute Gasteiger partial charge is 0.244 e. The molecule has 1 heterocycles. The van der Waals surface area contributed by atoms with Gasteiger partial charge >= 0.3 is 0 Å². The first kappa shape index (κ1) is 41.2. The standard InChI is InChI=1S/C25H47N7O10.Pa/c1-12(2)20(25(41)30-13(3)23(39)29-11-33)32-24(40)14(31-19(36)7-8-27-4)5-6-18(35)28-10-16-22(38)21(37)15(42-16)9-17(26)34;/h12-16,18,20-22,27-28,33,35,37-38H,5-11H2,1-4H3,(H2,26,34)(H,29,39)(H,30,41)(H,31,36)(H,32,40);/t13-,14-,15-,16+,18?,20-,21-,22+;/m0./s1. The number of nitrogens with two attached hydrogens (primary N) is 1. The Balaban J connectivity index is 0.0000176. The zero-order chi connectivity index (χ0) is 32.0. The van der Waals surface area contributed by atoms with E-state index in [-0.39, 0.29) is 64.5 Å². The van der Waals surface area contributed by atoms with E-state index in [0.717, 1.165) is 0 Å². The molecular formula is C25H47N7O10Pa. The molecular weight excluding hydrogens is 789 g/mol. The number of ether oxygens (including phenoxy) is 1. The fraction of sp³-hybridized carbons (Fsp3) is 0.800. The van der Waals surface area contributed by atoms with E-state index in [1.807, 2.05) is 0 Å². The van der Waals surface area contributed by atoms with Gasteiger partial charge in [-0.25, -0.2) is 0 Å². The molecule has 0 aromatic heterocycles. The van der Waals surface area contributed by atoms with Crippen LogP contribution >= 0.6 is 0 Å². The van der Waals surface area contributed by atoms with Crippen molar-refractivity contribution in [3.63, 3.8) is 0 Å². The Hall–Kier alpha value is -1.84. The molecule has 0 spiro atoms. The van der Waals surface area contributed by atoms with Crippen molar-refractivity contribution >= 4 is 29.5 Å². The summed E-state index contributed by atoms with van der Waals surface area (Å²) < 4.78 is 5.47. The van der Waals surface area contributed by atoms with Crippen molar-refractivity contribution in [2.45, 2.75) is 95.2 Å². The number of nitrogens with one attached hydrogen (secondary N) is 6. The van der Waals surface area contributed by atoms with E-state index in [0.29, 0.717) is 6.54 Å². The minimum absolute atomic E-state index is 0. The number of aliphatic hydroxyl groups is 4. The normalized spacial score (nSPS) is 22.4. The van der Waals surface area contributed by atoms with Crippen LogP contribution in [0.2, 0.25) is 0 Å². The second-order valence-electron chi connectivity index (χ2n) is 10.5. The summed E-state index contributed by atoms with van der Waals surface area (Å²) in [6.45, 7) is 4.42. The van der Waals surface area contributed by atoms with Gasteiger partial charge in [0, 0.05) is 51.8 Å². The molecule has 1 aliphatic heterocycles. The van der Waals surface area contributed by atoms with Crippen LogP contribution in [0.1, 0.15) is 46.5 Å². The van der Waals surface area contributed by atoms with E-state index < -0.39 is 91.0 Å². The topological polar surface area (TPSA) is 274 Å². The predicted octanol–water partition coefficient (Wildman–Crippen LogP) is -5.16. The van der Waals surface area contributed by atoms with Gasteiger partial charge in [-0.05, 0) is 32.7 Å². The summed E-state index contributed by atoms with van der Waals surface area (Å²) in [5.41, 5.74) is 5.13. The molecule has 1 aliphatic rings. The number of amides is 5. The molecule has 5 amide bonds. The molecule has 43 heavy (non-hydrogen) atoms. The van der Waals surface area contributed by atoms with Crippen LogP contribution in [0.3, 0.4) is 0 Å². The van der Waals surface area contributed by atoms with Crippen LogP contribution in [-0.4, -0.2) is 126 Å². The molecule has 0 saturated carbocycles. The van der Waals surface area contributed by atoms with Gasteiger partial charge in [0.25, 0.3) is 0 Å². The van der Waals surface area contributed by atoms with Crippen molar-refractivity contribution in [2.24, 2.45) is 11.7 Å². The minimum Gasteiger partial charge on any atom is -0.388 e. The van der Waals surface area contributed by atoms with Crippen LogP contribution in [0.4, 0.5) is 0 Å². The third-order valence-electron chi connectivity index (χ3n) is 6.65. The summed E-state index contributed by atoms with van der Waals surface area (Å²) in [6, 6.07) is -3.19. The molecule has 8 atom stereocenters. The average Bonchev–Trinajstić information content (AvgIpc) is 3.18. The van der Waals surface area contributed by atoms with E-state index in [4.69, 9.17) is 15.6 Å². The zero-order valence-corrected chi connectivity index (χ0v) is 29.8. The summed E-state index contributed by atoms with van der Waals surface area (Å²) in [6.07, 6.45) is -6.11. The summed E-state index contributed by atoms with van der Waals surface area (Å²) in [5, 5.41) is 55.0. The van der Waals surface area contributed by atoms with Gasteiger partial charge in [0.15, 0.2) is 0 Å². The van der Waals surface area contributed by atoms with Crippen molar-refractivity contribution in [3.05, 3.63) is 0 Å². The van der Waals surface area contributed by atoms with Crippen molar-refractivity contribution in [1.82, 2.24) is 31.9 Å². The molecule has 0 aromatic carbocycles. The van der Waals surface area contributed by atoms with Crippen LogP contribution in [0.25, 0.3) is 0 Å². The zero-order valence-electron chi connectivity index (χ0n) is 25.0. The van der Waals surface area contributed by atoms with E-state index in [9.17, 15) is 39.3 Å². The van der Waals surface area contributed by atoms with Crippen molar-refractivity contribution in [1.29, 1.82) is 0 Å². The summed E-state index contributed by atoms with van der Waals surface area (Å²) >= 11 is 0. The van der Waals surface area contributed by atoms with Gasteiger partial charge in [-0.15, -0.1) is 0 Å². The maximum absolute atomic E-state index is 13.2. The number of hydrogen-bond donors (Lipinski definition) is 11. The van der Waals surface area contributed by atoms with Crippen molar-refractivity contribution < 1.29 is 81.4 Å². The van der Waals surface area contributed by atoms with Gasteiger partial charge < -0.3 is 57.5 Å². The van der Waals surface area contributed by atoms with E-state index in [2.05, 4.69) is 31.9 Å². The van der Waals surface area contributed by atoms with Crippen LogP contribution < -0.4 is 37.6 Å². The third kappa shape index (κ3) is 14.7. The first-order chi connectivity index (χ1) is 19.7. The Morgan fingerprint density at radius 3 is 2.09 bits per heavy atom. The van der Waals surface area contributed by atoms with Crippen molar-refractivity contribution in [3.8, 4) is 0 Å². The predicted molar refractivity (Wildman–Crippen MR) is 148 cm³/mol. The van der Waals surface area contributed by atoms with Gasteiger partial charge in [0.1, 0.15) is 43.3 Å². The van der Waals surface area contributed by atoms with E-state index in [1.54, 1.807) is 20.9 Å². The Morgan fingerprint density at radius 1 is 0.907 bits per heavy atom. The van der Waals surface area contributed by atoms with Crippen LogP contribution in [0.5, 0.6) is 0 Å². The first-order valence-corrected chi connectivity index (χ1v) is 13.9. The van der Waals surface area contributed by atoms with Crippen LogP contribution in [0.15, 0.2) is 0 Å². The fourth-order valence-electron chi connectivity index (χ4n) is 4.20. The van der Waals surface area contributed by atoms with Gasteiger partial charge in [-0.1, -0.05) is 13.8 Å². The van der Waals surface area contributed by atoms with Gasteiger partial charge in [0.2, 0.25) is 29.5 Å². The number of primary amides is 1. The molecule has 0 aliphatic carbocycles. The summed E-state index contributed by atoms with van der Waals surface area (Å²) in [5.74, 6) is -3.50. The minimum atomic E-state index is -1.33. The number of carbonyl (C=O) groups excluding carboxylic acids is 5. The number of aliphatic hydroxyl groups excluding tert-OH is 4. The van der Waals surface area contributed by atoms with Crippen LogP contribution in [-0.2, 0) is 28.7 Å². The fourth-order valence-corrected chi connectivity index (χ4v) is 4.20. The molecule has 1 fully saturated rings. The Labute approximate surface area is 275 Å².